The average Bonchev–Trinajstić information content (AvgIpc) is 3.22. The summed E-state index contributed by atoms with van der Waals surface area (Å²) < 4.78 is 5.46. The number of aromatic nitrogens is 1. The van der Waals surface area contributed by atoms with Crippen LogP contribution in [0.3, 0.4) is 0 Å². The topological polar surface area (TPSA) is 34.2 Å². The molecule has 0 aliphatic heterocycles. The predicted octanol–water partition coefficient (Wildman–Crippen LogP) is 3.03. The second-order valence-electron chi connectivity index (χ2n) is 5.67. The van der Waals surface area contributed by atoms with Gasteiger partial charge in [0.25, 0.3) is 0 Å². The SMILES string of the molecule is CNC(CCCc1ncc(C)c(OC)c1C)C1CC1. The molecular formula is C16H26N2O. The van der Waals surface area contributed by atoms with Gasteiger partial charge in [-0.25, -0.2) is 0 Å². The molecular weight excluding hydrogens is 236 g/mol. The Bertz CT molecular complexity index is 427. The Kier molecular flexibility index (Phi) is 4.81. The molecule has 3 nitrogen and oxygen atoms in total. The van der Waals surface area contributed by atoms with Gasteiger partial charge in [0.2, 0.25) is 0 Å². The standard InChI is InChI=1S/C16H26N2O/c1-11-10-18-14(12(2)16(11)19-4)6-5-7-15(17-3)13-8-9-13/h10,13,15,17H,5-9H2,1-4H3. The van der Waals surface area contributed by atoms with E-state index in [4.69, 9.17) is 4.74 Å². The lowest BCUT2D eigenvalue weighted by molar-refractivity contribution is 0.406. The summed E-state index contributed by atoms with van der Waals surface area (Å²) in [7, 11) is 3.82. The summed E-state index contributed by atoms with van der Waals surface area (Å²) in [6.07, 6.45) is 8.23. The molecule has 0 radical (unpaired) electrons. The molecule has 1 aromatic rings. The van der Waals surface area contributed by atoms with E-state index in [-0.39, 0.29) is 0 Å². The Hall–Kier alpha value is -1.09. The molecule has 1 aromatic heterocycles. The van der Waals surface area contributed by atoms with E-state index in [0.29, 0.717) is 6.04 Å². The maximum Gasteiger partial charge on any atom is 0.128 e. The normalized spacial score (nSPS) is 16.4. The summed E-state index contributed by atoms with van der Waals surface area (Å²) in [6.45, 7) is 4.16. The van der Waals surface area contributed by atoms with Crippen molar-refractivity contribution in [1.82, 2.24) is 10.3 Å². The van der Waals surface area contributed by atoms with Crippen molar-refractivity contribution in [3.63, 3.8) is 0 Å². The second kappa shape index (κ2) is 6.38. The minimum atomic E-state index is 0.702. The Balaban J connectivity index is 1.92. The van der Waals surface area contributed by atoms with Gasteiger partial charge in [-0.1, -0.05) is 0 Å². The summed E-state index contributed by atoms with van der Waals surface area (Å²) in [5.74, 6) is 1.92. The molecule has 1 N–H and O–H groups in total. The van der Waals surface area contributed by atoms with E-state index < -0.39 is 0 Å². The smallest absolute Gasteiger partial charge is 0.128 e. The van der Waals surface area contributed by atoms with E-state index >= 15 is 0 Å². The van der Waals surface area contributed by atoms with Crippen LogP contribution in [0.5, 0.6) is 5.75 Å². The third-order valence-electron chi connectivity index (χ3n) is 4.24. The van der Waals surface area contributed by atoms with Crippen LogP contribution in [0, 0.1) is 19.8 Å². The summed E-state index contributed by atoms with van der Waals surface area (Å²) in [4.78, 5) is 4.57. The van der Waals surface area contributed by atoms with Crippen LogP contribution >= 0.6 is 0 Å². The second-order valence-corrected chi connectivity index (χ2v) is 5.67. The van der Waals surface area contributed by atoms with E-state index in [0.717, 1.165) is 23.7 Å². The van der Waals surface area contributed by atoms with Crippen LogP contribution in [-0.2, 0) is 6.42 Å². The number of nitrogens with zero attached hydrogens (tertiary/aromatic N) is 1. The van der Waals surface area contributed by atoms with E-state index in [9.17, 15) is 0 Å². The molecule has 19 heavy (non-hydrogen) atoms. The number of nitrogens with one attached hydrogen (secondary N) is 1. The highest BCUT2D eigenvalue weighted by molar-refractivity contribution is 5.41. The van der Waals surface area contributed by atoms with Gasteiger partial charge < -0.3 is 10.1 Å². The number of hydrogen-bond acceptors (Lipinski definition) is 3. The van der Waals surface area contributed by atoms with Crippen LogP contribution < -0.4 is 10.1 Å². The molecule has 0 amide bonds. The fraction of sp³-hybridized carbons (Fsp3) is 0.688. The van der Waals surface area contributed by atoms with E-state index in [1.165, 1.54) is 36.9 Å². The minimum absolute atomic E-state index is 0.702. The lowest BCUT2D eigenvalue weighted by atomic mass is 10.0. The summed E-state index contributed by atoms with van der Waals surface area (Å²) in [5.41, 5.74) is 3.51. The van der Waals surface area contributed by atoms with Gasteiger partial charge in [0.05, 0.1) is 7.11 Å². The van der Waals surface area contributed by atoms with Crippen LogP contribution in [0.15, 0.2) is 6.20 Å². The monoisotopic (exact) mass is 262 g/mol. The Morgan fingerprint density at radius 1 is 1.42 bits per heavy atom. The number of ether oxygens (including phenoxy) is 1. The van der Waals surface area contributed by atoms with E-state index in [2.05, 4.69) is 24.3 Å². The van der Waals surface area contributed by atoms with Crippen molar-refractivity contribution in [2.45, 2.75) is 52.0 Å². The van der Waals surface area contributed by atoms with Crippen molar-refractivity contribution in [2.24, 2.45) is 5.92 Å². The largest absolute Gasteiger partial charge is 0.496 e. The summed E-state index contributed by atoms with van der Waals surface area (Å²) in [6, 6.07) is 0.702. The minimum Gasteiger partial charge on any atom is -0.496 e. The highest BCUT2D eigenvalue weighted by Crippen LogP contribution is 2.34. The number of pyridine rings is 1. The molecule has 1 saturated carbocycles. The molecule has 0 spiro atoms. The first kappa shape index (κ1) is 14.3. The molecule has 3 heteroatoms. The van der Waals surface area contributed by atoms with Crippen molar-refractivity contribution < 1.29 is 4.74 Å². The molecule has 1 heterocycles. The van der Waals surface area contributed by atoms with Crippen LogP contribution in [0.4, 0.5) is 0 Å². The zero-order chi connectivity index (χ0) is 13.8. The third-order valence-corrected chi connectivity index (χ3v) is 4.24. The fourth-order valence-corrected chi connectivity index (χ4v) is 2.93. The number of methoxy groups -OCH3 is 1. The van der Waals surface area contributed by atoms with Gasteiger partial charge in [-0.15, -0.1) is 0 Å². The lowest BCUT2D eigenvalue weighted by Gasteiger charge is -2.16. The maximum absolute atomic E-state index is 5.46. The van der Waals surface area contributed by atoms with Crippen molar-refractivity contribution in [3.05, 3.63) is 23.0 Å². The molecule has 0 bridgehead atoms. The molecule has 106 valence electrons. The molecule has 1 aliphatic carbocycles. The zero-order valence-corrected chi connectivity index (χ0v) is 12.6. The Morgan fingerprint density at radius 3 is 2.74 bits per heavy atom. The third kappa shape index (κ3) is 3.47. The van der Waals surface area contributed by atoms with Crippen LogP contribution in [0.25, 0.3) is 0 Å². The van der Waals surface area contributed by atoms with Gasteiger partial charge in [0.1, 0.15) is 5.75 Å². The van der Waals surface area contributed by atoms with Crippen LogP contribution in [0.1, 0.15) is 42.5 Å². The molecule has 0 saturated heterocycles. The van der Waals surface area contributed by atoms with Crippen LogP contribution in [-0.4, -0.2) is 25.2 Å². The van der Waals surface area contributed by atoms with Crippen molar-refractivity contribution in [2.75, 3.05) is 14.2 Å². The van der Waals surface area contributed by atoms with Crippen LogP contribution in [0.2, 0.25) is 0 Å². The van der Waals surface area contributed by atoms with Gasteiger partial charge in [0, 0.05) is 29.1 Å². The molecule has 1 aliphatic rings. The van der Waals surface area contributed by atoms with Crippen molar-refractivity contribution in [1.29, 1.82) is 0 Å². The summed E-state index contributed by atoms with van der Waals surface area (Å²) >= 11 is 0. The zero-order valence-electron chi connectivity index (χ0n) is 12.6. The quantitative estimate of drug-likeness (QED) is 0.820. The molecule has 1 fully saturated rings. The van der Waals surface area contributed by atoms with Gasteiger partial charge in [-0.05, 0) is 58.9 Å². The van der Waals surface area contributed by atoms with Crippen molar-refractivity contribution in [3.8, 4) is 5.75 Å². The highest BCUT2D eigenvalue weighted by Gasteiger charge is 2.29. The molecule has 1 unspecified atom stereocenters. The van der Waals surface area contributed by atoms with Gasteiger partial charge in [-0.3, -0.25) is 4.98 Å². The lowest BCUT2D eigenvalue weighted by Crippen LogP contribution is -2.27. The number of hydrogen-bond donors (Lipinski definition) is 1. The van der Waals surface area contributed by atoms with Gasteiger partial charge in [-0.2, -0.15) is 0 Å². The number of aryl methyl sites for hydroxylation is 2. The molecule has 2 rings (SSSR count). The molecule has 0 aromatic carbocycles. The Morgan fingerprint density at radius 2 is 2.16 bits per heavy atom. The van der Waals surface area contributed by atoms with E-state index in [1.54, 1.807) is 7.11 Å². The summed E-state index contributed by atoms with van der Waals surface area (Å²) in [5, 5.41) is 3.45. The Labute approximate surface area is 116 Å². The number of rotatable bonds is 7. The predicted molar refractivity (Wildman–Crippen MR) is 78.8 cm³/mol. The first-order valence-electron chi connectivity index (χ1n) is 7.33. The molecule has 1 atom stereocenters. The van der Waals surface area contributed by atoms with Crippen molar-refractivity contribution >= 4 is 0 Å². The first-order chi connectivity index (χ1) is 9.17. The first-order valence-corrected chi connectivity index (χ1v) is 7.33. The maximum atomic E-state index is 5.46. The van der Waals surface area contributed by atoms with E-state index in [1.807, 2.05) is 13.1 Å². The average molecular weight is 262 g/mol. The van der Waals surface area contributed by atoms with Gasteiger partial charge in [0.15, 0.2) is 0 Å². The highest BCUT2D eigenvalue weighted by atomic mass is 16.5. The fourth-order valence-electron chi connectivity index (χ4n) is 2.93. The van der Waals surface area contributed by atoms with Gasteiger partial charge >= 0.3 is 0 Å².